The summed E-state index contributed by atoms with van der Waals surface area (Å²) in [5.74, 6) is 0.250. The molecule has 1 N–H and O–H groups in total. The number of rotatable bonds is 3. The highest BCUT2D eigenvalue weighted by Gasteiger charge is 2.25. The highest BCUT2D eigenvalue weighted by Crippen LogP contribution is 2.40. The number of halogens is 1. The van der Waals surface area contributed by atoms with Crippen LogP contribution in [0.4, 0.5) is 4.39 Å². The van der Waals surface area contributed by atoms with Crippen molar-refractivity contribution >= 4 is 0 Å². The van der Waals surface area contributed by atoms with Crippen molar-refractivity contribution in [3.8, 4) is 0 Å². The summed E-state index contributed by atoms with van der Waals surface area (Å²) in [6, 6.07) is 12.6. The number of aryl methyl sites for hydroxylation is 1. The zero-order valence-electron chi connectivity index (χ0n) is 11.6. The van der Waals surface area contributed by atoms with Crippen molar-refractivity contribution in [3.05, 3.63) is 70.5 Å². The van der Waals surface area contributed by atoms with Crippen LogP contribution in [0.25, 0.3) is 0 Å². The van der Waals surface area contributed by atoms with Crippen LogP contribution < -0.4 is 0 Å². The van der Waals surface area contributed by atoms with E-state index in [0.717, 1.165) is 11.1 Å². The average Bonchev–Trinajstić information content (AvgIpc) is 2.39. The van der Waals surface area contributed by atoms with Crippen LogP contribution in [0.2, 0.25) is 0 Å². The Kier molecular flexibility index (Phi) is 3.58. The maximum atomic E-state index is 13.4. The van der Waals surface area contributed by atoms with Crippen LogP contribution in [0.1, 0.15) is 53.5 Å². The van der Waals surface area contributed by atoms with Crippen LogP contribution >= 0.6 is 0 Å². The summed E-state index contributed by atoms with van der Waals surface area (Å²) in [7, 11) is 0. The second-order valence-corrected chi connectivity index (χ2v) is 5.66. The van der Waals surface area contributed by atoms with E-state index in [9.17, 15) is 9.50 Å². The Balaban J connectivity index is 2.01. The molecule has 20 heavy (non-hydrogen) atoms. The Morgan fingerprint density at radius 2 is 1.85 bits per heavy atom. The number of aliphatic hydroxyl groups excluding tert-OH is 1. The van der Waals surface area contributed by atoms with Crippen molar-refractivity contribution in [1.82, 2.24) is 0 Å². The minimum atomic E-state index is -0.748. The molecule has 0 heterocycles. The first-order valence-corrected chi connectivity index (χ1v) is 7.20. The van der Waals surface area contributed by atoms with Gasteiger partial charge >= 0.3 is 0 Å². The number of hydrogen-bond donors (Lipinski definition) is 1. The molecule has 1 atom stereocenters. The molecule has 0 spiro atoms. The lowest BCUT2D eigenvalue weighted by atomic mass is 9.77. The molecule has 1 saturated carbocycles. The van der Waals surface area contributed by atoms with Crippen LogP contribution in [0.15, 0.2) is 42.5 Å². The van der Waals surface area contributed by atoms with Crippen molar-refractivity contribution in [3.63, 3.8) is 0 Å². The summed E-state index contributed by atoms with van der Waals surface area (Å²) in [6.07, 6.45) is 2.88. The van der Waals surface area contributed by atoms with Crippen molar-refractivity contribution in [2.45, 2.75) is 38.2 Å². The first-order chi connectivity index (χ1) is 9.66. The van der Waals surface area contributed by atoms with E-state index in [4.69, 9.17) is 0 Å². The summed E-state index contributed by atoms with van der Waals surface area (Å²) in [5, 5.41) is 10.7. The monoisotopic (exact) mass is 270 g/mol. The fourth-order valence-electron chi connectivity index (χ4n) is 2.92. The molecule has 0 aliphatic heterocycles. The van der Waals surface area contributed by atoms with E-state index >= 15 is 0 Å². The van der Waals surface area contributed by atoms with Gasteiger partial charge in [-0.25, -0.2) is 4.39 Å². The van der Waals surface area contributed by atoms with E-state index < -0.39 is 6.10 Å². The van der Waals surface area contributed by atoms with Gasteiger partial charge in [0.25, 0.3) is 0 Å². The molecule has 0 radical (unpaired) electrons. The Bertz CT molecular complexity index is 617. The van der Waals surface area contributed by atoms with Gasteiger partial charge in [0.2, 0.25) is 0 Å². The SMILES string of the molecule is Cc1ccc(F)cc1C(O)c1ccccc1C1CCC1. The molecular formula is C18H19FO. The molecule has 1 aliphatic carbocycles. The third-order valence-corrected chi connectivity index (χ3v) is 4.37. The van der Waals surface area contributed by atoms with Gasteiger partial charge in [-0.3, -0.25) is 0 Å². The highest BCUT2D eigenvalue weighted by molar-refractivity contribution is 5.41. The summed E-state index contributed by atoms with van der Waals surface area (Å²) < 4.78 is 13.4. The van der Waals surface area contributed by atoms with E-state index in [0.29, 0.717) is 11.5 Å². The lowest BCUT2D eigenvalue weighted by Crippen LogP contribution is -2.14. The smallest absolute Gasteiger partial charge is 0.123 e. The van der Waals surface area contributed by atoms with Crippen LogP contribution in [-0.2, 0) is 0 Å². The molecule has 1 fully saturated rings. The predicted molar refractivity (Wildman–Crippen MR) is 78.2 cm³/mol. The second-order valence-electron chi connectivity index (χ2n) is 5.66. The molecular weight excluding hydrogens is 251 g/mol. The van der Waals surface area contributed by atoms with Crippen molar-refractivity contribution in [2.24, 2.45) is 0 Å². The lowest BCUT2D eigenvalue weighted by molar-refractivity contribution is 0.216. The van der Waals surface area contributed by atoms with Gasteiger partial charge < -0.3 is 5.11 Å². The van der Waals surface area contributed by atoms with Crippen molar-refractivity contribution < 1.29 is 9.50 Å². The fourth-order valence-corrected chi connectivity index (χ4v) is 2.92. The zero-order chi connectivity index (χ0) is 14.1. The topological polar surface area (TPSA) is 20.2 Å². The Labute approximate surface area is 119 Å². The molecule has 0 amide bonds. The Morgan fingerprint density at radius 1 is 1.10 bits per heavy atom. The van der Waals surface area contributed by atoms with Gasteiger partial charge in [-0.2, -0.15) is 0 Å². The summed E-state index contributed by atoms with van der Waals surface area (Å²) in [5.41, 5.74) is 3.72. The maximum Gasteiger partial charge on any atom is 0.123 e. The first-order valence-electron chi connectivity index (χ1n) is 7.20. The summed E-state index contributed by atoms with van der Waals surface area (Å²) >= 11 is 0. The number of benzene rings is 2. The Morgan fingerprint density at radius 3 is 2.55 bits per heavy atom. The van der Waals surface area contributed by atoms with E-state index in [1.165, 1.54) is 37.0 Å². The van der Waals surface area contributed by atoms with Crippen molar-refractivity contribution in [1.29, 1.82) is 0 Å². The van der Waals surface area contributed by atoms with E-state index in [-0.39, 0.29) is 5.82 Å². The van der Waals surface area contributed by atoms with Gasteiger partial charge in [0.05, 0.1) is 0 Å². The van der Waals surface area contributed by atoms with E-state index in [1.807, 2.05) is 25.1 Å². The maximum absolute atomic E-state index is 13.4. The van der Waals surface area contributed by atoms with E-state index in [1.54, 1.807) is 6.07 Å². The average molecular weight is 270 g/mol. The molecule has 1 aliphatic rings. The van der Waals surface area contributed by atoms with Crippen LogP contribution in [0.3, 0.4) is 0 Å². The molecule has 1 nitrogen and oxygen atoms in total. The number of aliphatic hydroxyl groups is 1. The molecule has 2 aromatic carbocycles. The minimum absolute atomic E-state index is 0.300. The third kappa shape index (κ3) is 2.36. The van der Waals surface area contributed by atoms with Crippen molar-refractivity contribution in [2.75, 3.05) is 0 Å². The summed E-state index contributed by atoms with van der Waals surface area (Å²) in [6.45, 7) is 1.91. The van der Waals surface area contributed by atoms with Crippen LogP contribution in [0, 0.1) is 12.7 Å². The largest absolute Gasteiger partial charge is 0.384 e. The van der Waals surface area contributed by atoms with Crippen LogP contribution in [-0.4, -0.2) is 5.11 Å². The van der Waals surface area contributed by atoms with Gasteiger partial charge in [-0.05, 0) is 60.1 Å². The van der Waals surface area contributed by atoms with Gasteiger partial charge in [0.1, 0.15) is 11.9 Å². The molecule has 104 valence electrons. The van der Waals surface area contributed by atoms with Gasteiger partial charge in [-0.15, -0.1) is 0 Å². The summed E-state index contributed by atoms with van der Waals surface area (Å²) in [4.78, 5) is 0. The second kappa shape index (κ2) is 5.37. The molecule has 2 aromatic rings. The predicted octanol–water partition coefficient (Wildman–Crippen LogP) is 4.48. The lowest BCUT2D eigenvalue weighted by Gasteiger charge is -2.29. The molecule has 0 aromatic heterocycles. The number of hydrogen-bond acceptors (Lipinski definition) is 1. The quantitative estimate of drug-likeness (QED) is 0.871. The third-order valence-electron chi connectivity index (χ3n) is 4.37. The molecule has 2 heteroatoms. The highest BCUT2D eigenvalue weighted by atomic mass is 19.1. The van der Waals surface area contributed by atoms with Crippen LogP contribution in [0.5, 0.6) is 0 Å². The normalized spacial score (nSPS) is 16.8. The first kappa shape index (κ1) is 13.3. The fraction of sp³-hybridized carbons (Fsp3) is 0.333. The zero-order valence-corrected chi connectivity index (χ0v) is 11.6. The van der Waals surface area contributed by atoms with E-state index in [2.05, 4.69) is 6.07 Å². The molecule has 0 saturated heterocycles. The molecule has 3 rings (SSSR count). The molecule has 1 unspecified atom stereocenters. The van der Waals surface area contributed by atoms with Gasteiger partial charge in [0, 0.05) is 0 Å². The van der Waals surface area contributed by atoms with Gasteiger partial charge in [-0.1, -0.05) is 36.8 Å². The molecule has 0 bridgehead atoms. The standard InChI is InChI=1S/C18H19FO/c1-12-9-10-14(19)11-17(12)18(20)16-8-3-2-7-15(16)13-5-4-6-13/h2-3,7-11,13,18,20H,4-6H2,1H3. The van der Waals surface area contributed by atoms with Gasteiger partial charge in [0.15, 0.2) is 0 Å². The minimum Gasteiger partial charge on any atom is -0.384 e. The Hall–Kier alpha value is -1.67.